The summed E-state index contributed by atoms with van der Waals surface area (Å²) in [5.41, 5.74) is 2.43. The molecule has 4 aromatic rings. The van der Waals surface area contributed by atoms with Gasteiger partial charge in [-0.2, -0.15) is 0 Å². The van der Waals surface area contributed by atoms with E-state index in [1.807, 2.05) is 34.2 Å². The lowest BCUT2D eigenvalue weighted by Gasteiger charge is -2.10. The fourth-order valence-electron chi connectivity index (χ4n) is 3.22. The molecule has 2 aromatic carbocycles. The van der Waals surface area contributed by atoms with Crippen molar-refractivity contribution in [1.82, 2.24) is 14.9 Å². The molecule has 0 saturated carbocycles. The molecule has 0 aliphatic carbocycles. The van der Waals surface area contributed by atoms with Crippen molar-refractivity contribution in [2.45, 2.75) is 18.6 Å². The first kappa shape index (κ1) is 23.5. The zero-order valence-electron chi connectivity index (χ0n) is 18.4. The summed E-state index contributed by atoms with van der Waals surface area (Å²) in [5.74, 6) is -0.281. The fourth-order valence-corrected chi connectivity index (χ4v) is 4.63. The molecule has 0 aliphatic heterocycles. The van der Waals surface area contributed by atoms with Crippen LogP contribution in [0.3, 0.4) is 0 Å². The van der Waals surface area contributed by atoms with Crippen LogP contribution in [0, 0.1) is 0 Å². The average molecular weight is 491 g/mol. The van der Waals surface area contributed by atoms with Gasteiger partial charge in [0.05, 0.1) is 12.3 Å². The van der Waals surface area contributed by atoms with Crippen molar-refractivity contribution in [3.8, 4) is 5.69 Å². The summed E-state index contributed by atoms with van der Waals surface area (Å²) in [4.78, 5) is 42.0. The summed E-state index contributed by atoms with van der Waals surface area (Å²) in [5, 5.41) is 8.34. The van der Waals surface area contributed by atoms with Crippen molar-refractivity contribution in [2.24, 2.45) is 0 Å². The van der Waals surface area contributed by atoms with E-state index in [1.54, 1.807) is 60.1 Å². The summed E-state index contributed by atoms with van der Waals surface area (Å²) in [7, 11) is 0. The minimum Gasteiger partial charge on any atom is -0.347 e. The van der Waals surface area contributed by atoms with Gasteiger partial charge in [-0.3, -0.25) is 19.0 Å². The first-order valence-corrected chi connectivity index (χ1v) is 12.3. The number of thioether (sulfide) groups is 1. The number of imidazole rings is 1. The van der Waals surface area contributed by atoms with Crippen LogP contribution in [0.1, 0.15) is 32.5 Å². The van der Waals surface area contributed by atoms with Crippen LogP contribution in [0.15, 0.2) is 83.6 Å². The van der Waals surface area contributed by atoms with Crippen LogP contribution in [0.2, 0.25) is 0 Å². The number of nitrogens with one attached hydrogen (secondary N) is 2. The molecule has 0 atom stereocenters. The van der Waals surface area contributed by atoms with E-state index in [-0.39, 0.29) is 23.4 Å². The Bertz CT molecular complexity index is 1320. The van der Waals surface area contributed by atoms with Gasteiger partial charge in [-0.15, -0.1) is 11.3 Å². The number of benzene rings is 2. The highest BCUT2D eigenvalue weighted by Gasteiger charge is 2.12. The Labute approximate surface area is 205 Å². The molecular formula is C25H22N4O3S2. The van der Waals surface area contributed by atoms with E-state index >= 15 is 0 Å². The molecule has 0 saturated heterocycles. The van der Waals surface area contributed by atoms with E-state index in [9.17, 15) is 14.4 Å². The van der Waals surface area contributed by atoms with Crippen LogP contribution in [-0.2, 0) is 11.3 Å². The van der Waals surface area contributed by atoms with Gasteiger partial charge in [-0.05, 0) is 48.7 Å². The van der Waals surface area contributed by atoms with Gasteiger partial charge in [-0.25, -0.2) is 4.98 Å². The van der Waals surface area contributed by atoms with E-state index in [0.29, 0.717) is 28.5 Å². The monoisotopic (exact) mass is 490 g/mol. The van der Waals surface area contributed by atoms with Crippen LogP contribution < -0.4 is 10.6 Å². The number of hydrogen-bond acceptors (Lipinski definition) is 6. The number of thiophene rings is 1. The van der Waals surface area contributed by atoms with Gasteiger partial charge in [0.25, 0.3) is 5.91 Å². The van der Waals surface area contributed by atoms with E-state index in [4.69, 9.17) is 0 Å². The minimum absolute atomic E-state index is 0.0602. The molecule has 0 bridgehead atoms. The van der Waals surface area contributed by atoms with E-state index in [2.05, 4.69) is 15.6 Å². The van der Waals surface area contributed by atoms with E-state index < -0.39 is 0 Å². The van der Waals surface area contributed by atoms with Gasteiger partial charge >= 0.3 is 0 Å². The van der Waals surface area contributed by atoms with E-state index in [0.717, 1.165) is 10.6 Å². The number of carbonyl (C=O) groups is 3. The summed E-state index contributed by atoms with van der Waals surface area (Å²) in [6.07, 6.45) is 3.44. The van der Waals surface area contributed by atoms with Crippen molar-refractivity contribution < 1.29 is 14.4 Å². The standard InChI is InChI=1S/C25H22N4O3S2/c1-17(30)18-5-2-7-20(13-18)28-23(31)16-34-25-26-10-11-29(25)21-8-3-6-19(14-21)24(32)27-15-22-9-4-12-33-22/h2-14H,15-16H2,1H3,(H,27,32)(H,28,31). The van der Waals surface area contributed by atoms with Crippen molar-refractivity contribution in [2.75, 3.05) is 11.1 Å². The van der Waals surface area contributed by atoms with Crippen LogP contribution in [0.25, 0.3) is 5.69 Å². The second kappa shape index (κ2) is 11.0. The predicted molar refractivity (Wildman–Crippen MR) is 135 cm³/mol. The van der Waals surface area contributed by atoms with Gasteiger partial charge in [0.1, 0.15) is 0 Å². The third-order valence-corrected chi connectivity index (χ3v) is 6.73. The van der Waals surface area contributed by atoms with Gasteiger partial charge in [-0.1, -0.05) is 36.0 Å². The number of Topliss-reactive ketones (excluding diaryl/α,β-unsaturated/α-hetero) is 1. The average Bonchev–Trinajstić information content (AvgIpc) is 3.53. The van der Waals surface area contributed by atoms with Gasteiger partial charge in [0.15, 0.2) is 10.9 Å². The lowest BCUT2D eigenvalue weighted by Crippen LogP contribution is -2.22. The molecule has 4 rings (SSSR count). The van der Waals surface area contributed by atoms with Gasteiger partial charge < -0.3 is 10.6 Å². The maximum atomic E-state index is 12.6. The Kier molecular flexibility index (Phi) is 7.56. The minimum atomic E-state index is -0.207. The van der Waals surface area contributed by atoms with Crippen LogP contribution in [-0.4, -0.2) is 32.9 Å². The number of anilines is 1. The molecule has 2 aromatic heterocycles. The number of rotatable bonds is 9. The molecule has 9 heteroatoms. The number of ketones is 1. The first-order valence-electron chi connectivity index (χ1n) is 10.5. The summed E-state index contributed by atoms with van der Waals surface area (Å²) >= 11 is 2.88. The zero-order chi connectivity index (χ0) is 23.9. The van der Waals surface area contributed by atoms with Crippen molar-refractivity contribution in [1.29, 1.82) is 0 Å². The second-order valence-electron chi connectivity index (χ2n) is 7.37. The number of aromatic nitrogens is 2. The smallest absolute Gasteiger partial charge is 0.251 e. The van der Waals surface area contributed by atoms with E-state index in [1.165, 1.54) is 18.7 Å². The van der Waals surface area contributed by atoms with Gasteiger partial charge in [0.2, 0.25) is 5.91 Å². The molecule has 7 nitrogen and oxygen atoms in total. The lowest BCUT2D eigenvalue weighted by atomic mass is 10.1. The Morgan fingerprint density at radius 1 is 1.03 bits per heavy atom. The molecular weight excluding hydrogens is 468 g/mol. The third-order valence-electron chi connectivity index (χ3n) is 4.88. The SMILES string of the molecule is CC(=O)c1cccc(NC(=O)CSc2nccn2-c2cccc(C(=O)NCc3cccs3)c2)c1. The largest absolute Gasteiger partial charge is 0.347 e. The summed E-state index contributed by atoms with van der Waals surface area (Å²) < 4.78 is 1.84. The van der Waals surface area contributed by atoms with Crippen LogP contribution >= 0.6 is 23.1 Å². The second-order valence-corrected chi connectivity index (χ2v) is 9.34. The van der Waals surface area contributed by atoms with Gasteiger partial charge in [0, 0.05) is 39.8 Å². The molecule has 2 N–H and O–H groups in total. The molecule has 0 spiro atoms. The number of nitrogens with zero attached hydrogens (tertiary/aromatic N) is 2. The third kappa shape index (κ3) is 6.00. The maximum absolute atomic E-state index is 12.6. The van der Waals surface area contributed by atoms with Crippen LogP contribution in [0.5, 0.6) is 0 Å². The quantitative estimate of drug-likeness (QED) is 0.260. The Balaban J connectivity index is 1.39. The van der Waals surface area contributed by atoms with Crippen LogP contribution in [0.4, 0.5) is 5.69 Å². The topological polar surface area (TPSA) is 93.1 Å². The highest BCUT2D eigenvalue weighted by Crippen LogP contribution is 2.22. The molecule has 2 amide bonds. The maximum Gasteiger partial charge on any atom is 0.251 e. The number of carbonyl (C=O) groups excluding carboxylic acids is 3. The number of hydrogen-bond donors (Lipinski definition) is 2. The predicted octanol–water partition coefficient (Wildman–Crippen LogP) is 4.80. The lowest BCUT2D eigenvalue weighted by molar-refractivity contribution is -0.113. The number of amides is 2. The highest BCUT2D eigenvalue weighted by atomic mass is 32.2. The first-order chi connectivity index (χ1) is 16.5. The Hall–Kier alpha value is -3.69. The zero-order valence-corrected chi connectivity index (χ0v) is 20.0. The molecule has 0 aliphatic rings. The summed E-state index contributed by atoms with van der Waals surface area (Å²) in [6, 6.07) is 18.0. The highest BCUT2D eigenvalue weighted by molar-refractivity contribution is 7.99. The van der Waals surface area contributed by atoms with Crippen molar-refractivity contribution in [3.05, 3.63) is 94.4 Å². The molecule has 172 valence electrons. The van der Waals surface area contributed by atoms with Crippen molar-refractivity contribution >= 4 is 46.4 Å². The normalized spacial score (nSPS) is 10.6. The molecule has 0 fully saturated rings. The summed E-state index contributed by atoms with van der Waals surface area (Å²) in [6.45, 7) is 1.97. The van der Waals surface area contributed by atoms with Crippen molar-refractivity contribution in [3.63, 3.8) is 0 Å². The fraction of sp³-hybridized carbons (Fsp3) is 0.120. The Morgan fingerprint density at radius 2 is 1.85 bits per heavy atom. The molecule has 2 heterocycles. The molecule has 0 radical (unpaired) electrons. The Morgan fingerprint density at radius 3 is 2.65 bits per heavy atom. The molecule has 0 unspecified atom stereocenters. The molecule has 34 heavy (non-hydrogen) atoms.